The molecular formula is C23H23N3O2S2. The highest BCUT2D eigenvalue weighted by atomic mass is 32.2. The van der Waals surface area contributed by atoms with Gasteiger partial charge in [-0.15, -0.1) is 0 Å². The predicted octanol–water partition coefficient (Wildman–Crippen LogP) is 3.48. The lowest BCUT2D eigenvalue weighted by molar-refractivity contribution is -0.121. The molecule has 7 heteroatoms. The number of thioether (sulfide) groups is 1. The zero-order valence-corrected chi connectivity index (χ0v) is 18.4. The van der Waals surface area contributed by atoms with E-state index in [1.54, 1.807) is 7.05 Å². The third-order valence-corrected chi connectivity index (χ3v) is 6.84. The Morgan fingerprint density at radius 3 is 2.30 bits per heavy atom. The lowest BCUT2D eigenvalue weighted by atomic mass is 10.1. The van der Waals surface area contributed by atoms with Gasteiger partial charge in [-0.3, -0.25) is 19.4 Å². The fourth-order valence-electron chi connectivity index (χ4n) is 3.55. The summed E-state index contributed by atoms with van der Waals surface area (Å²) in [5.74, 6) is -0.0284. The number of benzene rings is 2. The lowest BCUT2D eigenvalue weighted by Crippen LogP contribution is -2.48. The SMILES string of the molecule is CN1C(=O)/C(=C/c2ccc(C(=O)N3CCN(Cc4ccccc4)CC3)cc2)SC1=S. The normalized spacial score (nSPS) is 19.0. The van der Waals surface area contributed by atoms with E-state index in [-0.39, 0.29) is 11.8 Å². The highest BCUT2D eigenvalue weighted by molar-refractivity contribution is 8.26. The summed E-state index contributed by atoms with van der Waals surface area (Å²) in [6, 6.07) is 17.8. The van der Waals surface area contributed by atoms with E-state index in [2.05, 4.69) is 29.2 Å². The van der Waals surface area contributed by atoms with Gasteiger partial charge in [0.25, 0.3) is 11.8 Å². The zero-order chi connectivity index (χ0) is 21.1. The molecule has 0 aliphatic carbocycles. The molecule has 30 heavy (non-hydrogen) atoms. The molecular weight excluding hydrogens is 414 g/mol. The van der Waals surface area contributed by atoms with Crippen LogP contribution in [-0.4, -0.2) is 64.1 Å². The highest BCUT2D eigenvalue weighted by Gasteiger charge is 2.28. The Balaban J connectivity index is 1.34. The summed E-state index contributed by atoms with van der Waals surface area (Å²) < 4.78 is 0.560. The summed E-state index contributed by atoms with van der Waals surface area (Å²) in [6.45, 7) is 4.12. The van der Waals surface area contributed by atoms with Crippen LogP contribution in [0.1, 0.15) is 21.5 Å². The molecule has 0 saturated carbocycles. The Hall–Kier alpha value is -2.48. The van der Waals surface area contributed by atoms with Crippen LogP contribution >= 0.6 is 24.0 Å². The van der Waals surface area contributed by atoms with Gasteiger partial charge in [0.2, 0.25) is 0 Å². The van der Waals surface area contributed by atoms with Crippen molar-refractivity contribution < 1.29 is 9.59 Å². The molecule has 154 valence electrons. The molecule has 2 heterocycles. The zero-order valence-electron chi connectivity index (χ0n) is 16.8. The van der Waals surface area contributed by atoms with Crippen LogP contribution in [0.2, 0.25) is 0 Å². The molecule has 0 atom stereocenters. The first-order valence-electron chi connectivity index (χ1n) is 9.88. The Labute approximate surface area is 186 Å². The van der Waals surface area contributed by atoms with Crippen molar-refractivity contribution in [3.63, 3.8) is 0 Å². The lowest BCUT2D eigenvalue weighted by Gasteiger charge is -2.34. The molecule has 0 spiro atoms. The maximum Gasteiger partial charge on any atom is 0.265 e. The van der Waals surface area contributed by atoms with Crippen molar-refractivity contribution in [2.75, 3.05) is 33.2 Å². The third kappa shape index (κ3) is 4.64. The van der Waals surface area contributed by atoms with E-state index in [0.29, 0.717) is 14.8 Å². The topological polar surface area (TPSA) is 43.9 Å². The largest absolute Gasteiger partial charge is 0.336 e. The fourth-order valence-corrected chi connectivity index (χ4v) is 4.73. The van der Waals surface area contributed by atoms with Gasteiger partial charge < -0.3 is 4.90 Å². The summed E-state index contributed by atoms with van der Waals surface area (Å²) in [7, 11) is 1.68. The molecule has 2 aromatic rings. The Kier molecular flexibility index (Phi) is 6.32. The molecule has 0 unspecified atom stereocenters. The molecule has 5 nitrogen and oxygen atoms in total. The Morgan fingerprint density at radius 1 is 1.03 bits per heavy atom. The molecule has 4 rings (SSSR count). The van der Waals surface area contributed by atoms with E-state index < -0.39 is 0 Å². The average Bonchev–Trinajstić information content (AvgIpc) is 3.01. The molecule has 2 amide bonds. The number of carbonyl (C=O) groups excluding carboxylic acids is 2. The summed E-state index contributed by atoms with van der Waals surface area (Å²) in [6.07, 6.45) is 1.82. The second-order valence-electron chi connectivity index (χ2n) is 7.42. The number of thiocarbonyl (C=S) groups is 1. The van der Waals surface area contributed by atoms with Gasteiger partial charge in [-0.2, -0.15) is 0 Å². The number of carbonyl (C=O) groups is 2. The number of hydrogen-bond acceptors (Lipinski definition) is 5. The summed E-state index contributed by atoms with van der Waals surface area (Å²) in [4.78, 5) is 31.4. The fraction of sp³-hybridized carbons (Fsp3) is 0.261. The van der Waals surface area contributed by atoms with E-state index in [1.807, 2.05) is 41.3 Å². The van der Waals surface area contributed by atoms with Crippen molar-refractivity contribution >= 4 is 46.2 Å². The van der Waals surface area contributed by atoms with Gasteiger partial charge in [0.1, 0.15) is 4.32 Å². The number of hydrogen-bond donors (Lipinski definition) is 0. The van der Waals surface area contributed by atoms with E-state index in [0.717, 1.165) is 38.3 Å². The minimum atomic E-state index is -0.0847. The quantitative estimate of drug-likeness (QED) is 0.541. The van der Waals surface area contributed by atoms with Crippen molar-refractivity contribution in [3.8, 4) is 0 Å². The second-order valence-corrected chi connectivity index (χ2v) is 9.09. The molecule has 0 aromatic heterocycles. The second kappa shape index (κ2) is 9.12. The maximum atomic E-state index is 12.9. The van der Waals surface area contributed by atoms with Crippen LogP contribution in [0.15, 0.2) is 59.5 Å². The van der Waals surface area contributed by atoms with Gasteiger partial charge in [-0.05, 0) is 29.3 Å². The van der Waals surface area contributed by atoms with Gasteiger partial charge in [0.05, 0.1) is 4.91 Å². The van der Waals surface area contributed by atoms with Gasteiger partial charge in [0, 0.05) is 45.3 Å². The third-order valence-electron chi connectivity index (χ3n) is 5.35. The summed E-state index contributed by atoms with van der Waals surface area (Å²) in [5.41, 5.74) is 2.85. The van der Waals surface area contributed by atoms with Crippen LogP contribution in [0.3, 0.4) is 0 Å². The molecule has 0 bridgehead atoms. The summed E-state index contributed by atoms with van der Waals surface area (Å²) in [5, 5.41) is 0. The molecule has 2 aromatic carbocycles. The Morgan fingerprint density at radius 2 is 1.70 bits per heavy atom. The van der Waals surface area contributed by atoms with Crippen LogP contribution in [0, 0.1) is 0 Å². The van der Waals surface area contributed by atoms with Crippen LogP contribution in [-0.2, 0) is 11.3 Å². The minimum absolute atomic E-state index is 0.0563. The van der Waals surface area contributed by atoms with Gasteiger partial charge in [-0.25, -0.2) is 0 Å². The number of piperazine rings is 1. The molecule has 2 aliphatic rings. The van der Waals surface area contributed by atoms with Crippen LogP contribution in [0.25, 0.3) is 6.08 Å². The van der Waals surface area contributed by atoms with E-state index in [1.165, 1.54) is 22.2 Å². The van der Waals surface area contributed by atoms with Gasteiger partial charge in [-0.1, -0.05) is 66.4 Å². The molecule has 0 N–H and O–H groups in total. The number of amides is 2. The van der Waals surface area contributed by atoms with E-state index in [4.69, 9.17) is 12.2 Å². The first-order chi connectivity index (χ1) is 14.5. The van der Waals surface area contributed by atoms with E-state index in [9.17, 15) is 9.59 Å². The monoisotopic (exact) mass is 437 g/mol. The average molecular weight is 438 g/mol. The minimum Gasteiger partial charge on any atom is -0.336 e. The van der Waals surface area contributed by atoms with Crippen molar-refractivity contribution in [1.82, 2.24) is 14.7 Å². The Bertz CT molecular complexity index is 981. The van der Waals surface area contributed by atoms with Crippen molar-refractivity contribution in [1.29, 1.82) is 0 Å². The molecule has 2 aliphatic heterocycles. The van der Waals surface area contributed by atoms with Crippen molar-refractivity contribution in [2.45, 2.75) is 6.54 Å². The predicted molar refractivity (Wildman–Crippen MR) is 125 cm³/mol. The standard InChI is InChI=1S/C23H23N3O2S2/c1-24-22(28)20(30-23(24)29)15-17-7-9-19(10-8-17)21(27)26-13-11-25(12-14-26)16-18-5-3-2-4-6-18/h2-10,15H,11-14,16H2,1H3/b20-15-. The number of likely N-dealkylation sites (N-methyl/N-ethyl adjacent to an activating group) is 1. The van der Waals surface area contributed by atoms with Gasteiger partial charge in [0.15, 0.2) is 0 Å². The summed E-state index contributed by atoms with van der Waals surface area (Å²) >= 11 is 6.46. The van der Waals surface area contributed by atoms with Crippen molar-refractivity contribution in [2.24, 2.45) is 0 Å². The van der Waals surface area contributed by atoms with Crippen LogP contribution < -0.4 is 0 Å². The maximum absolute atomic E-state index is 12.9. The number of nitrogens with zero attached hydrogens (tertiary/aromatic N) is 3. The van der Waals surface area contributed by atoms with Crippen LogP contribution in [0.4, 0.5) is 0 Å². The molecule has 2 fully saturated rings. The molecule has 0 radical (unpaired) electrons. The first kappa shape index (κ1) is 20.8. The number of rotatable bonds is 4. The first-order valence-corrected chi connectivity index (χ1v) is 11.1. The van der Waals surface area contributed by atoms with E-state index >= 15 is 0 Å². The highest BCUT2D eigenvalue weighted by Crippen LogP contribution is 2.31. The van der Waals surface area contributed by atoms with Gasteiger partial charge >= 0.3 is 0 Å². The molecule has 2 saturated heterocycles. The van der Waals surface area contributed by atoms with Crippen molar-refractivity contribution in [3.05, 3.63) is 76.2 Å². The van der Waals surface area contributed by atoms with Crippen LogP contribution in [0.5, 0.6) is 0 Å². The smallest absolute Gasteiger partial charge is 0.265 e.